The number of carbonyl (C=O) groups excluding carboxylic acids is 1. The first-order valence-electron chi connectivity index (χ1n) is 7.70. The highest BCUT2D eigenvalue weighted by Gasteiger charge is 2.16. The van der Waals surface area contributed by atoms with Crippen LogP contribution in [0.4, 0.5) is 5.69 Å². The molecule has 0 spiro atoms. The normalized spacial score (nSPS) is 17.7. The van der Waals surface area contributed by atoms with E-state index >= 15 is 0 Å². The molecule has 0 aromatic carbocycles. The number of pyridine rings is 1. The lowest BCUT2D eigenvalue weighted by Crippen LogP contribution is -2.24. The van der Waals surface area contributed by atoms with E-state index in [0.29, 0.717) is 23.7 Å². The number of hydrogen-bond acceptors (Lipinski definition) is 5. The Labute approximate surface area is 134 Å². The van der Waals surface area contributed by atoms with E-state index in [4.69, 9.17) is 9.47 Å². The molecule has 2 aromatic heterocycles. The van der Waals surface area contributed by atoms with Crippen molar-refractivity contribution < 1.29 is 14.3 Å². The lowest BCUT2D eigenvalue weighted by Gasteiger charge is -2.22. The molecule has 0 radical (unpaired) electrons. The van der Waals surface area contributed by atoms with Crippen molar-refractivity contribution in [1.82, 2.24) is 14.8 Å². The monoisotopic (exact) mass is 316 g/mol. The molecular formula is C16H20N4O3. The van der Waals surface area contributed by atoms with E-state index in [-0.39, 0.29) is 12.0 Å². The molecule has 0 saturated carbocycles. The predicted molar refractivity (Wildman–Crippen MR) is 84.6 cm³/mol. The van der Waals surface area contributed by atoms with Crippen LogP contribution in [0.15, 0.2) is 30.7 Å². The maximum atomic E-state index is 12.3. The van der Waals surface area contributed by atoms with Gasteiger partial charge in [-0.1, -0.05) is 0 Å². The molecule has 2 aromatic rings. The van der Waals surface area contributed by atoms with Crippen LogP contribution in [0.25, 0.3) is 0 Å². The first-order chi connectivity index (χ1) is 11.3. The zero-order chi connectivity index (χ0) is 16.1. The third-order valence-corrected chi connectivity index (χ3v) is 3.76. The molecule has 23 heavy (non-hydrogen) atoms. The molecule has 1 fully saturated rings. The maximum Gasteiger partial charge on any atom is 0.261 e. The van der Waals surface area contributed by atoms with Crippen molar-refractivity contribution in [1.29, 1.82) is 0 Å². The molecule has 1 atom stereocenters. The summed E-state index contributed by atoms with van der Waals surface area (Å²) in [4.78, 5) is 16.3. The summed E-state index contributed by atoms with van der Waals surface area (Å²) in [6.07, 6.45) is 8.58. The second-order valence-electron chi connectivity index (χ2n) is 5.45. The van der Waals surface area contributed by atoms with Gasteiger partial charge in [-0.15, -0.1) is 0 Å². The van der Waals surface area contributed by atoms with Crippen LogP contribution in [-0.2, 0) is 11.3 Å². The number of amides is 1. The van der Waals surface area contributed by atoms with E-state index in [0.717, 1.165) is 19.4 Å². The molecule has 0 aliphatic carbocycles. The molecule has 1 amide bonds. The molecule has 1 aliphatic rings. The van der Waals surface area contributed by atoms with Crippen LogP contribution >= 0.6 is 0 Å². The summed E-state index contributed by atoms with van der Waals surface area (Å²) < 4.78 is 12.6. The van der Waals surface area contributed by atoms with Crippen LogP contribution in [0.3, 0.4) is 0 Å². The van der Waals surface area contributed by atoms with Gasteiger partial charge in [0, 0.05) is 19.0 Å². The second kappa shape index (κ2) is 7.23. The van der Waals surface area contributed by atoms with Crippen LogP contribution in [0.1, 0.15) is 29.6 Å². The Balaban J connectivity index is 1.63. The fourth-order valence-electron chi connectivity index (χ4n) is 2.61. The SMILES string of the molecule is COc1ncccc1C(=O)Nc1cnn(C[C@H]2CCCCO2)c1. The molecule has 0 bridgehead atoms. The van der Waals surface area contributed by atoms with Crippen molar-refractivity contribution in [3.8, 4) is 5.88 Å². The Morgan fingerprint density at radius 3 is 3.22 bits per heavy atom. The minimum atomic E-state index is -0.275. The molecule has 7 heteroatoms. The topological polar surface area (TPSA) is 78.3 Å². The number of ether oxygens (including phenoxy) is 2. The van der Waals surface area contributed by atoms with E-state index in [9.17, 15) is 4.79 Å². The molecule has 1 saturated heterocycles. The zero-order valence-corrected chi connectivity index (χ0v) is 13.1. The molecule has 3 rings (SSSR count). The lowest BCUT2D eigenvalue weighted by molar-refractivity contribution is 0.00401. The van der Waals surface area contributed by atoms with Gasteiger partial charge in [0.05, 0.1) is 31.6 Å². The van der Waals surface area contributed by atoms with Crippen molar-refractivity contribution in [3.05, 3.63) is 36.3 Å². The number of aromatic nitrogens is 3. The third-order valence-electron chi connectivity index (χ3n) is 3.76. The number of carbonyl (C=O) groups is 1. The fraction of sp³-hybridized carbons (Fsp3) is 0.438. The fourth-order valence-corrected chi connectivity index (χ4v) is 2.61. The summed E-state index contributed by atoms with van der Waals surface area (Å²) in [5.74, 6) is 0.0245. The highest BCUT2D eigenvalue weighted by Crippen LogP contribution is 2.17. The molecule has 122 valence electrons. The molecular weight excluding hydrogens is 296 g/mol. The number of anilines is 1. The summed E-state index contributed by atoms with van der Waals surface area (Å²) in [5.41, 5.74) is 1.02. The van der Waals surface area contributed by atoms with Gasteiger partial charge >= 0.3 is 0 Å². The molecule has 1 aliphatic heterocycles. The van der Waals surface area contributed by atoms with E-state index < -0.39 is 0 Å². The quantitative estimate of drug-likeness (QED) is 0.914. The third kappa shape index (κ3) is 3.87. The van der Waals surface area contributed by atoms with Gasteiger partial charge in [0.25, 0.3) is 5.91 Å². The number of nitrogens with one attached hydrogen (secondary N) is 1. The van der Waals surface area contributed by atoms with Crippen LogP contribution in [0.2, 0.25) is 0 Å². The maximum absolute atomic E-state index is 12.3. The van der Waals surface area contributed by atoms with Crippen LogP contribution in [-0.4, -0.2) is 40.5 Å². The van der Waals surface area contributed by atoms with E-state index in [1.165, 1.54) is 13.5 Å². The Kier molecular flexibility index (Phi) is 4.87. The van der Waals surface area contributed by atoms with Gasteiger partial charge in [0.15, 0.2) is 0 Å². The number of methoxy groups -OCH3 is 1. The van der Waals surface area contributed by atoms with E-state index in [1.54, 1.807) is 35.4 Å². The summed E-state index contributed by atoms with van der Waals surface area (Å²) in [6.45, 7) is 1.52. The summed E-state index contributed by atoms with van der Waals surface area (Å²) in [7, 11) is 1.49. The van der Waals surface area contributed by atoms with Crippen molar-refractivity contribution in [2.45, 2.75) is 31.9 Å². The van der Waals surface area contributed by atoms with Crippen molar-refractivity contribution in [2.24, 2.45) is 0 Å². The highest BCUT2D eigenvalue weighted by molar-refractivity contribution is 6.05. The standard InChI is InChI=1S/C16H20N4O3/c1-22-16-14(6-4-7-17-16)15(21)19-12-9-18-20(10-12)11-13-5-2-3-8-23-13/h4,6-7,9-10,13H,2-3,5,8,11H2,1H3,(H,19,21)/t13-/m1/s1. The smallest absolute Gasteiger partial charge is 0.261 e. The minimum absolute atomic E-state index is 0.200. The van der Waals surface area contributed by atoms with Gasteiger partial charge in [-0.05, 0) is 31.4 Å². The molecule has 0 unspecified atom stereocenters. The lowest BCUT2D eigenvalue weighted by atomic mass is 10.1. The van der Waals surface area contributed by atoms with Crippen molar-refractivity contribution in [3.63, 3.8) is 0 Å². The summed E-state index contributed by atoms with van der Waals surface area (Å²) in [5, 5.41) is 7.08. The molecule has 1 N–H and O–H groups in total. The van der Waals surface area contributed by atoms with Gasteiger partial charge in [-0.25, -0.2) is 4.98 Å². The Hall–Kier alpha value is -2.41. The summed E-state index contributed by atoms with van der Waals surface area (Å²) in [6, 6.07) is 3.36. The van der Waals surface area contributed by atoms with E-state index in [1.807, 2.05) is 0 Å². The Morgan fingerprint density at radius 2 is 2.43 bits per heavy atom. The molecule has 3 heterocycles. The Bertz CT molecular complexity index is 665. The van der Waals surface area contributed by atoms with Crippen LogP contribution in [0.5, 0.6) is 5.88 Å². The van der Waals surface area contributed by atoms with Gasteiger partial charge in [-0.2, -0.15) is 5.10 Å². The van der Waals surface area contributed by atoms with E-state index in [2.05, 4.69) is 15.4 Å². The summed E-state index contributed by atoms with van der Waals surface area (Å²) >= 11 is 0. The van der Waals surface area contributed by atoms with Crippen molar-refractivity contribution in [2.75, 3.05) is 19.0 Å². The van der Waals surface area contributed by atoms with Crippen molar-refractivity contribution >= 4 is 11.6 Å². The second-order valence-corrected chi connectivity index (χ2v) is 5.45. The number of nitrogens with zero attached hydrogens (tertiary/aromatic N) is 3. The largest absolute Gasteiger partial charge is 0.480 e. The minimum Gasteiger partial charge on any atom is -0.480 e. The predicted octanol–water partition coefficient (Wildman–Crippen LogP) is 2.11. The van der Waals surface area contributed by atoms with Crippen LogP contribution in [0, 0.1) is 0 Å². The van der Waals surface area contributed by atoms with Gasteiger partial charge in [0.2, 0.25) is 5.88 Å². The van der Waals surface area contributed by atoms with Gasteiger partial charge in [-0.3, -0.25) is 9.48 Å². The highest BCUT2D eigenvalue weighted by atomic mass is 16.5. The average Bonchev–Trinajstić information content (AvgIpc) is 3.02. The van der Waals surface area contributed by atoms with Gasteiger partial charge in [0.1, 0.15) is 5.56 Å². The molecule has 7 nitrogen and oxygen atoms in total. The Morgan fingerprint density at radius 1 is 1.52 bits per heavy atom. The number of rotatable bonds is 5. The average molecular weight is 316 g/mol. The number of hydrogen-bond donors (Lipinski definition) is 1. The first kappa shape index (κ1) is 15.5. The van der Waals surface area contributed by atoms with Gasteiger partial charge < -0.3 is 14.8 Å². The van der Waals surface area contributed by atoms with Crippen LogP contribution < -0.4 is 10.1 Å². The first-order valence-corrected chi connectivity index (χ1v) is 7.70. The zero-order valence-electron chi connectivity index (χ0n) is 13.1.